The number of amides is 1. The fraction of sp³-hybridized carbons (Fsp3) is 0.933. The summed E-state index contributed by atoms with van der Waals surface area (Å²) < 4.78 is 5.02. The normalized spacial score (nSPS) is 41.7. The Morgan fingerprint density at radius 2 is 1.78 bits per heavy atom. The first-order valence-corrected chi connectivity index (χ1v) is 7.49. The minimum atomic E-state index is -0.0132. The maximum atomic E-state index is 12.6. The van der Waals surface area contributed by atoms with E-state index in [0.717, 1.165) is 37.0 Å². The van der Waals surface area contributed by atoms with Crippen molar-refractivity contribution in [2.75, 3.05) is 20.3 Å². The number of carbonyl (C=O) groups excluding carboxylic acids is 1. The van der Waals surface area contributed by atoms with Gasteiger partial charge in [0.05, 0.1) is 6.61 Å². The molecule has 0 heterocycles. The van der Waals surface area contributed by atoms with Crippen LogP contribution < -0.4 is 5.32 Å². The van der Waals surface area contributed by atoms with E-state index >= 15 is 0 Å². The predicted molar refractivity (Wildman–Crippen MR) is 70.1 cm³/mol. The number of hydrogen-bond donors (Lipinski definition) is 1. The van der Waals surface area contributed by atoms with Crippen molar-refractivity contribution in [3.05, 3.63) is 0 Å². The first kappa shape index (κ1) is 12.5. The van der Waals surface area contributed by atoms with Gasteiger partial charge in [-0.25, -0.2) is 0 Å². The highest BCUT2D eigenvalue weighted by Gasteiger charge is 2.52. The monoisotopic (exact) mass is 251 g/mol. The molecule has 1 N–H and O–H groups in total. The van der Waals surface area contributed by atoms with E-state index < -0.39 is 0 Å². The third-order valence-corrected chi connectivity index (χ3v) is 5.43. The fourth-order valence-corrected chi connectivity index (χ4v) is 4.92. The Labute approximate surface area is 110 Å². The third kappa shape index (κ3) is 2.18. The van der Waals surface area contributed by atoms with E-state index in [9.17, 15) is 4.79 Å². The topological polar surface area (TPSA) is 38.3 Å². The Balaban J connectivity index is 1.71. The Kier molecular flexibility index (Phi) is 3.35. The smallest absolute Gasteiger partial charge is 0.226 e. The van der Waals surface area contributed by atoms with E-state index in [2.05, 4.69) is 5.32 Å². The molecule has 0 aromatic carbocycles. The Hall–Kier alpha value is -0.570. The SMILES string of the molecule is COCCNC(=O)C12CC3C[C@@H](CC[C@@H](C3)C1)C2. The van der Waals surface area contributed by atoms with Crippen molar-refractivity contribution < 1.29 is 9.53 Å². The van der Waals surface area contributed by atoms with Crippen molar-refractivity contribution in [2.24, 2.45) is 23.2 Å². The lowest BCUT2D eigenvalue weighted by Gasteiger charge is -2.47. The fourth-order valence-electron chi connectivity index (χ4n) is 4.92. The van der Waals surface area contributed by atoms with Crippen LogP contribution in [0, 0.1) is 23.2 Å². The molecule has 0 radical (unpaired) electrons. The van der Waals surface area contributed by atoms with Crippen LogP contribution in [0.5, 0.6) is 0 Å². The van der Waals surface area contributed by atoms with E-state index in [-0.39, 0.29) is 5.41 Å². The van der Waals surface area contributed by atoms with Crippen molar-refractivity contribution in [1.82, 2.24) is 5.32 Å². The van der Waals surface area contributed by atoms with Crippen LogP contribution in [-0.2, 0) is 9.53 Å². The molecule has 0 aromatic heterocycles. The zero-order valence-electron chi connectivity index (χ0n) is 11.4. The Morgan fingerprint density at radius 3 is 2.39 bits per heavy atom. The molecule has 102 valence electrons. The lowest BCUT2D eigenvalue weighted by atomic mass is 9.58. The number of rotatable bonds is 4. The number of carbonyl (C=O) groups is 1. The minimum absolute atomic E-state index is 0.0132. The number of methoxy groups -OCH3 is 1. The summed E-state index contributed by atoms with van der Waals surface area (Å²) in [6, 6.07) is 0. The van der Waals surface area contributed by atoms with Crippen LogP contribution >= 0.6 is 0 Å². The molecule has 4 aliphatic carbocycles. The zero-order valence-corrected chi connectivity index (χ0v) is 11.4. The van der Waals surface area contributed by atoms with Crippen LogP contribution in [-0.4, -0.2) is 26.2 Å². The first-order valence-electron chi connectivity index (χ1n) is 7.49. The van der Waals surface area contributed by atoms with Crippen molar-refractivity contribution >= 4 is 5.91 Å². The molecule has 2 unspecified atom stereocenters. The molecular weight excluding hydrogens is 226 g/mol. The van der Waals surface area contributed by atoms with E-state index in [1.165, 1.54) is 25.7 Å². The second-order valence-electron chi connectivity index (χ2n) is 6.79. The molecule has 3 heteroatoms. The minimum Gasteiger partial charge on any atom is -0.383 e. The van der Waals surface area contributed by atoms with Gasteiger partial charge in [-0.05, 0) is 49.9 Å². The third-order valence-electron chi connectivity index (χ3n) is 5.43. The van der Waals surface area contributed by atoms with Crippen molar-refractivity contribution in [2.45, 2.75) is 44.9 Å². The summed E-state index contributed by atoms with van der Waals surface area (Å²) in [6.07, 6.45) is 8.98. The number of hydrogen-bond acceptors (Lipinski definition) is 2. The molecule has 0 spiro atoms. The number of fused-ring (bicyclic) bond motifs is 1. The lowest BCUT2D eigenvalue weighted by Crippen LogP contribution is -2.49. The summed E-state index contributed by atoms with van der Waals surface area (Å²) in [5.74, 6) is 2.80. The Morgan fingerprint density at radius 1 is 1.17 bits per heavy atom. The lowest BCUT2D eigenvalue weighted by molar-refractivity contribution is -0.138. The summed E-state index contributed by atoms with van der Waals surface area (Å²) in [7, 11) is 1.68. The second kappa shape index (κ2) is 4.84. The van der Waals surface area contributed by atoms with Crippen LogP contribution in [0.15, 0.2) is 0 Å². The second-order valence-corrected chi connectivity index (χ2v) is 6.79. The Bertz CT molecular complexity index is 312. The molecule has 4 fully saturated rings. The molecule has 18 heavy (non-hydrogen) atoms. The molecule has 1 amide bonds. The first-order chi connectivity index (χ1) is 8.72. The van der Waals surface area contributed by atoms with Gasteiger partial charge in [-0.2, -0.15) is 0 Å². The van der Waals surface area contributed by atoms with E-state index in [4.69, 9.17) is 4.74 Å². The highest BCUT2D eigenvalue weighted by atomic mass is 16.5. The van der Waals surface area contributed by atoms with Gasteiger partial charge >= 0.3 is 0 Å². The molecule has 4 rings (SSSR count). The highest BCUT2D eigenvalue weighted by Crippen LogP contribution is 2.57. The average Bonchev–Trinajstić information content (AvgIpc) is 2.56. The van der Waals surface area contributed by atoms with Gasteiger partial charge in [-0.1, -0.05) is 12.8 Å². The highest BCUT2D eigenvalue weighted by molar-refractivity contribution is 5.83. The molecular formula is C15H25NO2. The molecule has 4 saturated carbocycles. The molecule has 3 nitrogen and oxygen atoms in total. The van der Waals surface area contributed by atoms with Crippen LogP contribution in [0.3, 0.4) is 0 Å². The van der Waals surface area contributed by atoms with Crippen molar-refractivity contribution in [3.8, 4) is 0 Å². The molecule has 4 aliphatic rings. The van der Waals surface area contributed by atoms with Gasteiger partial charge < -0.3 is 10.1 Å². The van der Waals surface area contributed by atoms with Gasteiger partial charge in [0.25, 0.3) is 0 Å². The summed E-state index contributed by atoms with van der Waals surface area (Å²) in [6.45, 7) is 1.29. The molecule has 0 saturated heterocycles. The number of nitrogens with one attached hydrogen (secondary N) is 1. The van der Waals surface area contributed by atoms with Gasteiger partial charge in [0.2, 0.25) is 5.91 Å². The van der Waals surface area contributed by atoms with Crippen LogP contribution in [0.2, 0.25) is 0 Å². The van der Waals surface area contributed by atoms with Crippen LogP contribution in [0.25, 0.3) is 0 Å². The summed E-state index contributed by atoms with van der Waals surface area (Å²) in [5, 5.41) is 3.10. The van der Waals surface area contributed by atoms with E-state index in [1.807, 2.05) is 0 Å². The summed E-state index contributed by atoms with van der Waals surface area (Å²) in [5.41, 5.74) is -0.0132. The zero-order chi connectivity index (χ0) is 12.6. The van der Waals surface area contributed by atoms with Gasteiger partial charge in [0, 0.05) is 19.1 Å². The largest absolute Gasteiger partial charge is 0.383 e. The van der Waals surface area contributed by atoms with Crippen molar-refractivity contribution in [1.29, 1.82) is 0 Å². The maximum absolute atomic E-state index is 12.6. The molecule has 4 bridgehead atoms. The quantitative estimate of drug-likeness (QED) is 0.779. The predicted octanol–water partition coefficient (Wildman–Crippen LogP) is 2.36. The van der Waals surface area contributed by atoms with Crippen LogP contribution in [0.1, 0.15) is 44.9 Å². The van der Waals surface area contributed by atoms with Gasteiger partial charge in [-0.3, -0.25) is 4.79 Å². The van der Waals surface area contributed by atoms with Gasteiger partial charge in [-0.15, -0.1) is 0 Å². The standard InChI is InChI=1S/C15H25NO2/c1-18-5-4-16-14(17)15-8-11-2-3-12(9-15)7-13(6-11)10-15/h11-13H,2-10H2,1H3,(H,16,17)/t11-,12+,13?,15?. The molecule has 4 atom stereocenters. The summed E-state index contributed by atoms with van der Waals surface area (Å²) in [4.78, 5) is 12.6. The average molecular weight is 251 g/mol. The van der Waals surface area contributed by atoms with Crippen molar-refractivity contribution in [3.63, 3.8) is 0 Å². The van der Waals surface area contributed by atoms with Gasteiger partial charge in [0.15, 0.2) is 0 Å². The van der Waals surface area contributed by atoms with Crippen LogP contribution in [0.4, 0.5) is 0 Å². The van der Waals surface area contributed by atoms with Gasteiger partial charge in [0.1, 0.15) is 0 Å². The summed E-state index contributed by atoms with van der Waals surface area (Å²) >= 11 is 0. The number of ether oxygens (including phenoxy) is 1. The molecule has 0 aliphatic heterocycles. The van der Waals surface area contributed by atoms with E-state index in [1.54, 1.807) is 7.11 Å². The van der Waals surface area contributed by atoms with E-state index in [0.29, 0.717) is 19.1 Å². The maximum Gasteiger partial charge on any atom is 0.226 e. The molecule has 0 aromatic rings.